The Morgan fingerprint density at radius 3 is 2.65 bits per heavy atom. The minimum absolute atomic E-state index is 0.356. The molecule has 20 heavy (non-hydrogen) atoms. The molecule has 0 spiro atoms. The smallest absolute Gasteiger partial charge is 0.144 e. The normalized spacial score (nSPS) is 11.7. The van der Waals surface area contributed by atoms with Gasteiger partial charge in [0.2, 0.25) is 0 Å². The van der Waals surface area contributed by atoms with Crippen molar-refractivity contribution in [3.05, 3.63) is 35.1 Å². The number of halogens is 1. The van der Waals surface area contributed by atoms with E-state index in [9.17, 15) is 0 Å². The van der Waals surface area contributed by atoms with Gasteiger partial charge >= 0.3 is 0 Å². The number of aromatic nitrogens is 4. The summed E-state index contributed by atoms with van der Waals surface area (Å²) in [7, 11) is 3.96. The highest BCUT2D eigenvalue weighted by atomic mass is 35.5. The van der Waals surface area contributed by atoms with Crippen LogP contribution in [0.25, 0.3) is 22.4 Å². The van der Waals surface area contributed by atoms with E-state index in [2.05, 4.69) is 23.5 Å². The fourth-order valence-corrected chi connectivity index (χ4v) is 2.68. The Balaban J connectivity index is 2.27. The second-order valence-corrected chi connectivity index (χ2v) is 5.82. The van der Waals surface area contributed by atoms with Crippen LogP contribution >= 0.6 is 11.6 Å². The summed E-state index contributed by atoms with van der Waals surface area (Å²) in [4.78, 5) is 4.72. The van der Waals surface area contributed by atoms with Gasteiger partial charge in [0.1, 0.15) is 5.82 Å². The molecule has 0 fully saturated rings. The van der Waals surface area contributed by atoms with Crippen molar-refractivity contribution < 1.29 is 0 Å². The number of hydrogen-bond acceptors (Lipinski definition) is 2. The average Bonchev–Trinajstić information content (AvgIpc) is 2.90. The van der Waals surface area contributed by atoms with Crippen molar-refractivity contribution in [2.75, 3.05) is 0 Å². The summed E-state index contributed by atoms with van der Waals surface area (Å²) in [5.74, 6) is 1.29. The molecule has 0 saturated heterocycles. The third kappa shape index (κ3) is 2.00. The lowest BCUT2D eigenvalue weighted by Gasteiger charge is -2.05. The molecule has 0 atom stereocenters. The molecule has 0 N–H and O–H groups in total. The molecule has 0 unspecified atom stereocenters. The van der Waals surface area contributed by atoms with Gasteiger partial charge in [-0.25, -0.2) is 4.98 Å². The van der Waals surface area contributed by atoms with Crippen LogP contribution in [-0.2, 0) is 14.1 Å². The summed E-state index contributed by atoms with van der Waals surface area (Å²) >= 11 is 6.05. The SMILES string of the molecule is CC(C)c1nn(C)cc1-c1nc2cc(Cl)ccc2n1C. The highest BCUT2D eigenvalue weighted by Gasteiger charge is 2.18. The van der Waals surface area contributed by atoms with Gasteiger partial charge in [-0.1, -0.05) is 25.4 Å². The Morgan fingerprint density at radius 1 is 1.20 bits per heavy atom. The maximum Gasteiger partial charge on any atom is 0.144 e. The molecule has 0 bridgehead atoms. The maximum atomic E-state index is 6.05. The van der Waals surface area contributed by atoms with E-state index in [-0.39, 0.29) is 0 Å². The van der Waals surface area contributed by atoms with Gasteiger partial charge in [-0.15, -0.1) is 0 Å². The van der Waals surface area contributed by atoms with Crippen LogP contribution in [0.1, 0.15) is 25.5 Å². The monoisotopic (exact) mass is 288 g/mol. The second kappa shape index (κ2) is 4.63. The van der Waals surface area contributed by atoms with E-state index in [4.69, 9.17) is 16.6 Å². The molecule has 0 radical (unpaired) electrons. The zero-order valence-corrected chi connectivity index (χ0v) is 12.8. The fourth-order valence-electron chi connectivity index (χ4n) is 2.52. The third-order valence-electron chi connectivity index (χ3n) is 3.49. The molecule has 2 heterocycles. The summed E-state index contributed by atoms with van der Waals surface area (Å²) in [5.41, 5.74) is 4.13. The molecule has 3 aromatic rings. The standard InChI is InChI=1S/C15H17ClN4/c1-9(2)14-11(8-19(3)18-14)15-17-12-7-10(16)5-6-13(12)20(15)4/h5-9H,1-4H3. The van der Waals surface area contributed by atoms with Crippen LogP contribution in [-0.4, -0.2) is 19.3 Å². The number of nitrogens with zero attached hydrogens (tertiary/aromatic N) is 4. The number of benzene rings is 1. The van der Waals surface area contributed by atoms with Gasteiger partial charge in [0, 0.05) is 25.3 Å². The molecule has 0 aliphatic carbocycles. The third-order valence-corrected chi connectivity index (χ3v) is 3.72. The summed E-state index contributed by atoms with van der Waals surface area (Å²) in [6.07, 6.45) is 2.03. The second-order valence-electron chi connectivity index (χ2n) is 5.38. The largest absolute Gasteiger partial charge is 0.327 e. The Bertz CT molecular complexity index is 783. The number of imidazole rings is 1. The van der Waals surface area contributed by atoms with Gasteiger partial charge in [-0.2, -0.15) is 5.10 Å². The molecule has 2 aromatic heterocycles. The molecule has 5 heteroatoms. The van der Waals surface area contributed by atoms with Crippen LogP contribution in [0.2, 0.25) is 5.02 Å². The first-order valence-corrected chi connectivity index (χ1v) is 7.01. The van der Waals surface area contributed by atoms with Crippen molar-refractivity contribution >= 4 is 22.6 Å². The van der Waals surface area contributed by atoms with Gasteiger partial charge < -0.3 is 4.57 Å². The Kier molecular flexibility index (Phi) is 3.05. The molecular formula is C15H17ClN4. The van der Waals surface area contributed by atoms with Gasteiger partial charge in [0.15, 0.2) is 0 Å². The van der Waals surface area contributed by atoms with E-state index in [0.717, 1.165) is 28.1 Å². The summed E-state index contributed by atoms with van der Waals surface area (Å²) in [5, 5.41) is 5.26. The van der Waals surface area contributed by atoms with Crippen molar-refractivity contribution in [2.45, 2.75) is 19.8 Å². The Hall–Kier alpha value is -1.81. The summed E-state index contributed by atoms with van der Waals surface area (Å²) in [6.45, 7) is 4.29. The van der Waals surface area contributed by atoms with E-state index in [1.807, 2.05) is 43.2 Å². The van der Waals surface area contributed by atoms with Crippen LogP contribution < -0.4 is 0 Å². The van der Waals surface area contributed by atoms with Crippen molar-refractivity contribution in [3.63, 3.8) is 0 Å². The van der Waals surface area contributed by atoms with E-state index < -0.39 is 0 Å². The van der Waals surface area contributed by atoms with Gasteiger partial charge in [-0.3, -0.25) is 4.68 Å². The van der Waals surface area contributed by atoms with E-state index >= 15 is 0 Å². The number of aryl methyl sites for hydroxylation is 2. The van der Waals surface area contributed by atoms with Gasteiger partial charge in [-0.05, 0) is 24.1 Å². The zero-order chi connectivity index (χ0) is 14.4. The van der Waals surface area contributed by atoms with E-state index in [0.29, 0.717) is 10.9 Å². The van der Waals surface area contributed by atoms with E-state index in [1.165, 1.54) is 0 Å². The van der Waals surface area contributed by atoms with Crippen molar-refractivity contribution in [1.82, 2.24) is 19.3 Å². The molecule has 4 nitrogen and oxygen atoms in total. The highest BCUT2D eigenvalue weighted by Crippen LogP contribution is 2.30. The first kappa shape index (κ1) is 13.2. The molecule has 0 aliphatic rings. The molecule has 3 rings (SSSR count). The molecule has 0 amide bonds. The lowest BCUT2D eigenvalue weighted by atomic mass is 10.1. The lowest BCUT2D eigenvalue weighted by Crippen LogP contribution is -1.97. The van der Waals surface area contributed by atoms with Crippen molar-refractivity contribution in [2.24, 2.45) is 14.1 Å². The first-order chi connectivity index (χ1) is 9.47. The number of hydrogen-bond donors (Lipinski definition) is 0. The number of fused-ring (bicyclic) bond motifs is 1. The zero-order valence-electron chi connectivity index (χ0n) is 12.1. The highest BCUT2D eigenvalue weighted by molar-refractivity contribution is 6.31. The molecule has 1 aromatic carbocycles. The van der Waals surface area contributed by atoms with Crippen LogP contribution in [0.5, 0.6) is 0 Å². The van der Waals surface area contributed by atoms with Gasteiger partial charge in [0.05, 0.1) is 22.3 Å². The predicted molar refractivity (Wildman–Crippen MR) is 82.0 cm³/mol. The van der Waals surface area contributed by atoms with Crippen LogP contribution in [0.3, 0.4) is 0 Å². The summed E-state index contributed by atoms with van der Waals surface area (Å²) < 4.78 is 3.94. The Morgan fingerprint density at radius 2 is 1.95 bits per heavy atom. The van der Waals surface area contributed by atoms with Crippen LogP contribution in [0, 0.1) is 0 Å². The van der Waals surface area contributed by atoms with Gasteiger partial charge in [0.25, 0.3) is 0 Å². The quantitative estimate of drug-likeness (QED) is 0.720. The molecular weight excluding hydrogens is 272 g/mol. The summed E-state index contributed by atoms with van der Waals surface area (Å²) in [6, 6.07) is 5.79. The maximum absolute atomic E-state index is 6.05. The van der Waals surface area contributed by atoms with Crippen LogP contribution in [0.4, 0.5) is 0 Å². The Labute approximate surface area is 123 Å². The number of rotatable bonds is 2. The molecule has 0 saturated carbocycles. The van der Waals surface area contributed by atoms with Crippen LogP contribution in [0.15, 0.2) is 24.4 Å². The first-order valence-electron chi connectivity index (χ1n) is 6.63. The fraction of sp³-hybridized carbons (Fsp3) is 0.333. The van der Waals surface area contributed by atoms with Crippen molar-refractivity contribution in [3.8, 4) is 11.4 Å². The average molecular weight is 289 g/mol. The predicted octanol–water partition coefficient (Wildman–Crippen LogP) is 3.75. The minimum Gasteiger partial charge on any atom is -0.327 e. The molecule has 0 aliphatic heterocycles. The van der Waals surface area contributed by atoms with E-state index in [1.54, 1.807) is 0 Å². The van der Waals surface area contributed by atoms with Crippen molar-refractivity contribution in [1.29, 1.82) is 0 Å². The minimum atomic E-state index is 0.356. The molecule has 104 valence electrons. The topological polar surface area (TPSA) is 35.6 Å². The lowest BCUT2D eigenvalue weighted by molar-refractivity contribution is 0.713.